The maximum Gasteiger partial charge on any atom is 0.416 e. The first-order chi connectivity index (χ1) is 37.2. The van der Waals surface area contributed by atoms with Crippen LogP contribution in [-0.4, -0.2) is 143 Å². The lowest BCUT2D eigenvalue weighted by Crippen LogP contribution is -2.53. The highest BCUT2D eigenvalue weighted by molar-refractivity contribution is 5.94. The number of hydrogen-bond acceptors (Lipinski definition) is 9. The monoisotopic (exact) mass is 1190 g/mol. The summed E-state index contributed by atoms with van der Waals surface area (Å²) in [6.07, 6.45) is -33.6. The van der Waals surface area contributed by atoms with E-state index in [1.807, 2.05) is 0 Å². The Morgan fingerprint density at radius 1 is 0.284 bits per heavy atom. The normalized spacial score (nSPS) is 16.3. The number of alkyl halides is 18. The van der Waals surface area contributed by atoms with E-state index >= 15 is 0 Å². The van der Waals surface area contributed by atoms with Crippen molar-refractivity contribution in [3.05, 3.63) is 105 Å². The van der Waals surface area contributed by atoms with Crippen LogP contribution < -0.4 is 17.2 Å². The summed E-state index contributed by atoms with van der Waals surface area (Å²) in [6.45, 7) is -14.9. The summed E-state index contributed by atoms with van der Waals surface area (Å²) < 4.78 is 253. The number of amides is 6. The Labute approximate surface area is 448 Å². The molecule has 450 valence electrons. The van der Waals surface area contributed by atoms with Crippen molar-refractivity contribution in [2.24, 2.45) is 17.2 Å². The minimum absolute atomic E-state index is 0.163. The summed E-state index contributed by atoms with van der Waals surface area (Å²) >= 11 is 0. The lowest BCUT2D eigenvalue weighted by molar-refractivity contribution is -0.150. The molecular formula is C48H51F18N9O6. The summed E-state index contributed by atoms with van der Waals surface area (Å²) in [5, 5.41) is 0. The second-order valence-electron chi connectivity index (χ2n) is 18.4. The van der Waals surface area contributed by atoms with Gasteiger partial charge in [0, 0.05) is 39.3 Å². The average Bonchev–Trinajstić information content (AvgIpc) is 3.34. The standard InChI is InChI=1S/C48H51F18N9O6/c49-43(50,51)31-10-28(11-32(16-31)44(52,53)54)19-73-25-37(76)70(7-1-4-67)22-40(79)74(20-29-12-33(45(55,56)57)17-34(13-29)46(58,59)60)26-38(77)72(9-3-6-69)24-42(81)75(27-39(78)71(8-2-5-68)23-41(73)80)21-30-14-35(47(61,62)63)18-36(15-30)48(64,65)66/h10-18H,1-9,19-27,67-69H2. The van der Waals surface area contributed by atoms with E-state index in [1.165, 1.54) is 0 Å². The molecule has 0 aliphatic carbocycles. The van der Waals surface area contributed by atoms with Crippen LogP contribution in [0.3, 0.4) is 0 Å². The Kier molecular flexibility index (Phi) is 22.0. The Morgan fingerprint density at radius 3 is 0.605 bits per heavy atom. The van der Waals surface area contributed by atoms with Crippen molar-refractivity contribution in [3.8, 4) is 0 Å². The molecular weight excluding hydrogens is 1140 g/mol. The number of nitrogens with two attached hydrogens (primary N) is 3. The number of carbonyl (C=O) groups is 6. The second-order valence-corrected chi connectivity index (χ2v) is 18.4. The van der Waals surface area contributed by atoms with Gasteiger partial charge in [-0.2, -0.15) is 79.0 Å². The molecule has 6 amide bonds. The van der Waals surface area contributed by atoms with E-state index in [4.69, 9.17) is 17.2 Å². The Bertz CT molecular complexity index is 2340. The van der Waals surface area contributed by atoms with E-state index in [0.717, 1.165) is 0 Å². The van der Waals surface area contributed by atoms with Crippen molar-refractivity contribution in [3.63, 3.8) is 0 Å². The van der Waals surface area contributed by atoms with Gasteiger partial charge in [0.2, 0.25) is 35.4 Å². The van der Waals surface area contributed by atoms with E-state index in [0.29, 0.717) is 29.4 Å². The second kappa shape index (κ2) is 26.8. The summed E-state index contributed by atoms with van der Waals surface area (Å²) in [7, 11) is 0. The first-order valence-corrected chi connectivity index (χ1v) is 23.9. The van der Waals surface area contributed by atoms with Crippen molar-refractivity contribution in [2.45, 2.75) is 76.0 Å². The van der Waals surface area contributed by atoms with Gasteiger partial charge in [0.15, 0.2) is 0 Å². The molecule has 0 aromatic heterocycles. The first-order valence-electron chi connectivity index (χ1n) is 23.9. The zero-order valence-electron chi connectivity index (χ0n) is 42.1. The number of carbonyl (C=O) groups excluding carboxylic acids is 6. The highest BCUT2D eigenvalue weighted by Crippen LogP contribution is 2.40. The fourth-order valence-electron chi connectivity index (χ4n) is 7.99. The van der Waals surface area contributed by atoms with Crippen LogP contribution in [-0.2, 0) is 85.5 Å². The van der Waals surface area contributed by atoms with Crippen LogP contribution in [0.1, 0.15) is 69.3 Å². The molecule has 15 nitrogen and oxygen atoms in total. The number of nitrogens with zero attached hydrogens (tertiary/aromatic N) is 6. The summed E-state index contributed by atoms with van der Waals surface area (Å²) in [6, 6.07) is 0.137. The minimum Gasteiger partial charge on any atom is -0.332 e. The quantitative estimate of drug-likeness (QED) is 0.138. The summed E-state index contributed by atoms with van der Waals surface area (Å²) in [5.74, 6) is -8.62. The first kappa shape index (κ1) is 66.6. The molecule has 1 aliphatic heterocycles. The van der Waals surface area contributed by atoms with Gasteiger partial charge in [-0.1, -0.05) is 0 Å². The minimum atomic E-state index is -5.48. The lowest BCUT2D eigenvalue weighted by atomic mass is 10.0. The van der Waals surface area contributed by atoms with Gasteiger partial charge in [0.25, 0.3) is 0 Å². The summed E-state index contributed by atoms with van der Waals surface area (Å²) in [5.41, 5.74) is 2.59. The molecule has 1 fully saturated rings. The summed E-state index contributed by atoms with van der Waals surface area (Å²) in [4.78, 5) is 89.0. The largest absolute Gasteiger partial charge is 0.416 e. The van der Waals surface area contributed by atoms with Crippen molar-refractivity contribution in [1.82, 2.24) is 29.4 Å². The molecule has 0 saturated carbocycles. The van der Waals surface area contributed by atoms with Gasteiger partial charge in [-0.3, -0.25) is 28.8 Å². The number of benzene rings is 3. The molecule has 0 radical (unpaired) electrons. The molecule has 1 saturated heterocycles. The van der Waals surface area contributed by atoms with E-state index in [-0.39, 0.29) is 93.5 Å². The van der Waals surface area contributed by atoms with Gasteiger partial charge in [0.1, 0.15) is 19.6 Å². The van der Waals surface area contributed by atoms with Gasteiger partial charge in [-0.15, -0.1) is 0 Å². The van der Waals surface area contributed by atoms with Crippen LogP contribution in [0.4, 0.5) is 79.0 Å². The van der Waals surface area contributed by atoms with Gasteiger partial charge in [0.05, 0.1) is 53.0 Å². The van der Waals surface area contributed by atoms with E-state index in [9.17, 15) is 108 Å². The van der Waals surface area contributed by atoms with Crippen molar-refractivity contribution in [2.75, 3.05) is 78.5 Å². The predicted octanol–water partition coefficient (Wildman–Crippen LogP) is 6.73. The van der Waals surface area contributed by atoms with E-state index < -0.39 is 201 Å². The Morgan fingerprint density at radius 2 is 0.444 bits per heavy atom. The third kappa shape index (κ3) is 19.7. The molecule has 81 heavy (non-hydrogen) atoms. The molecule has 6 N–H and O–H groups in total. The van der Waals surface area contributed by atoms with Crippen molar-refractivity contribution >= 4 is 35.4 Å². The molecule has 0 atom stereocenters. The fraction of sp³-hybridized carbons (Fsp3) is 0.500. The smallest absolute Gasteiger partial charge is 0.332 e. The van der Waals surface area contributed by atoms with Crippen LogP contribution in [0.25, 0.3) is 0 Å². The van der Waals surface area contributed by atoms with Gasteiger partial charge in [-0.05, 0) is 110 Å². The van der Waals surface area contributed by atoms with Crippen LogP contribution >= 0.6 is 0 Å². The Balaban J connectivity index is 2.03. The molecule has 1 aliphatic rings. The number of hydrogen-bond donors (Lipinski definition) is 3. The highest BCUT2D eigenvalue weighted by Gasteiger charge is 2.41. The zero-order valence-corrected chi connectivity index (χ0v) is 42.1. The number of halogens is 18. The molecule has 4 rings (SSSR count). The highest BCUT2D eigenvalue weighted by atomic mass is 19.4. The molecule has 3 aromatic rings. The lowest BCUT2D eigenvalue weighted by Gasteiger charge is -2.34. The molecule has 1 heterocycles. The predicted molar refractivity (Wildman–Crippen MR) is 246 cm³/mol. The van der Waals surface area contributed by atoms with Crippen LogP contribution in [0, 0.1) is 0 Å². The van der Waals surface area contributed by atoms with E-state index in [2.05, 4.69) is 0 Å². The molecule has 33 heteroatoms. The van der Waals surface area contributed by atoms with Gasteiger partial charge >= 0.3 is 37.1 Å². The molecule has 3 aromatic carbocycles. The third-order valence-electron chi connectivity index (χ3n) is 12.0. The van der Waals surface area contributed by atoms with Crippen molar-refractivity contribution in [1.29, 1.82) is 0 Å². The average molecular weight is 1190 g/mol. The van der Waals surface area contributed by atoms with Crippen LogP contribution in [0.5, 0.6) is 0 Å². The van der Waals surface area contributed by atoms with Crippen LogP contribution in [0.2, 0.25) is 0 Å². The fourth-order valence-corrected chi connectivity index (χ4v) is 7.99. The SMILES string of the molecule is NCCCN1CC(=O)N(Cc2cc(C(F)(F)F)cc(C(F)(F)F)c2)CC(=O)N(CCCN)CC(=O)N(Cc2cc(C(F)(F)F)cc(C(F)(F)F)c2)CC(=O)N(CCCN)CC(=O)N(Cc2cc(C(F)(F)F)cc(C(F)(F)F)c2)CC1=O. The Hall–Kier alpha value is -6.90. The molecule has 0 unspecified atom stereocenters. The third-order valence-corrected chi connectivity index (χ3v) is 12.0. The maximum atomic E-state index is 14.4. The molecule has 0 spiro atoms. The van der Waals surface area contributed by atoms with E-state index in [1.54, 1.807) is 0 Å². The topological polar surface area (TPSA) is 200 Å². The maximum absolute atomic E-state index is 14.4. The van der Waals surface area contributed by atoms with Crippen molar-refractivity contribution < 1.29 is 108 Å². The number of rotatable bonds is 15. The van der Waals surface area contributed by atoms with Gasteiger partial charge < -0.3 is 46.6 Å². The van der Waals surface area contributed by atoms with Gasteiger partial charge in [-0.25, -0.2) is 0 Å². The zero-order chi connectivity index (χ0) is 61.2. The van der Waals surface area contributed by atoms with Crippen LogP contribution in [0.15, 0.2) is 54.6 Å². The molecule has 0 bridgehead atoms.